The first-order valence-electron chi connectivity index (χ1n) is 11.9. The molecule has 2 heterocycles. The molecule has 1 atom stereocenters. The van der Waals surface area contributed by atoms with Crippen molar-refractivity contribution >= 4 is 5.91 Å². The third-order valence-electron chi connectivity index (χ3n) is 7.36. The quantitative estimate of drug-likeness (QED) is 0.650. The molecule has 1 saturated heterocycles. The molecule has 3 aromatic rings. The van der Waals surface area contributed by atoms with Crippen molar-refractivity contribution in [3.05, 3.63) is 69.7 Å². The predicted octanol–water partition coefficient (Wildman–Crippen LogP) is 3.66. The van der Waals surface area contributed by atoms with Crippen molar-refractivity contribution in [3.8, 4) is 16.8 Å². The Bertz CT molecular complexity index is 1290. The number of nitrogens with zero attached hydrogens (tertiary/aromatic N) is 3. The summed E-state index contributed by atoms with van der Waals surface area (Å²) in [4.78, 5) is 26.8. The number of amides is 1. The van der Waals surface area contributed by atoms with E-state index in [0.717, 1.165) is 49.8 Å². The molecule has 6 rings (SSSR count). The Morgan fingerprint density at radius 2 is 1.85 bits per heavy atom. The standard InChI is InChI=1S/C26H27FN4O2/c27-22-14-21(20-7-4-17-2-1-3-19(17)13-20)8-9-23(22)31-24(28-29-26(31)33)12-16-10-11-30(15-16)25(32)18-5-6-18/h4,7-9,13-14,16,18H,1-3,5-6,10-12,15H2,(H,29,33)/t16-/m0/s1. The van der Waals surface area contributed by atoms with E-state index in [-0.39, 0.29) is 23.4 Å². The van der Waals surface area contributed by atoms with Gasteiger partial charge in [-0.15, -0.1) is 0 Å². The maximum atomic E-state index is 15.3. The second-order valence-corrected chi connectivity index (χ2v) is 9.70. The zero-order valence-corrected chi connectivity index (χ0v) is 18.5. The largest absolute Gasteiger partial charge is 0.348 e. The number of H-pyrrole nitrogens is 1. The Kier molecular flexibility index (Phi) is 4.93. The summed E-state index contributed by atoms with van der Waals surface area (Å²) in [6.07, 6.45) is 6.76. The predicted molar refractivity (Wildman–Crippen MR) is 123 cm³/mol. The van der Waals surface area contributed by atoms with Crippen LogP contribution in [-0.2, 0) is 24.1 Å². The Hall–Kier alpha value is -3.22. The minimum absolute atomic E-state index is 0.206. The van der Waals surface area contributed by atoms with Crippen molar-refractivity contribution in [2.75, 3.05) is 13.1 Å². The lowest BCUT2D eigenvalue weighted by Gasteiger charge is -2.16. The molecule has 2 fully saturated rings. The van der Waals surface area contributed by atoms with Crippen molar-refractivity contribution in [1.82, 2.24) is 19.7 Å². The van der Waals surface area contributed by atoms with E-state index >= 15 is 4.39 Å². The lowest BCUT2D eigenvalue weighted by Crippen LogP contribution is -2.30. The summed E-state index contributed by atoms with van der Waals surface area (Å²) in [5.41, 5.74) is 4.28. The van der Waals surface area contributed by atoms with Gasteiger partial charge in [0.1, 0.15) is 11.6 Å². The summed E-state index contributed by atoms with van der Waals surface area (Å²) < 4.78 is 16.6. The van der Waals surface area contributed by atoms with Gasteiger partial charge in [0.05, 0.1) is 5.69 Å². The van der Waals surface area contributed by atoms with Gasteiger partial charge in [-0.1, -0.05) is 24.3 Å². The number of carbonyl (C=O) groups is 1. The third kappa shape index (κ3) is 3.79. The maximum Gasteiger partial charge on any atom is 0.348 e. The van der Waals surface area contributed by atoms with Crippen LogP contribution in [0.25, 0.3) is 16.8 Å². The van der Waals surface area contributed by atoms with Gasteiger partial charge in [-0.25, -0.2) is 18.9 Å². The van der Waals surface area contributed by atoms with Gasteiger partial charge in [0, 0.05) is 25.4 Å². The number of aromatic amines is 1. The summed E-state index contributed by atoms with van der Waals surface area (Å²) in [7, 11) is 0. The van der Waals surface area contributed by atoms with Crippen LogP contribution in [-0.4, -0.2) is 38.7 Å². The smallest absolute Gasteiger partial charge is 0.342 e. The van der Waals surface area contributed by atoms with Crippen LogP contribution in [0.4, 0.5) is 4.39 Å². The number of halogens is 1. The van der Waals surface area contributed by atoms with Crippen molar-refractivity contribution in [3.63, 3.8) is 0 Å². The molecule has 170 valence electrons. The van der Waals surface area contributed by atoms with Crippen LogP contribution in [0.15, 0.2) is 41.2 Å². The summed E-state index contributed by atoms with van der Waals surface area (Å²) in [5.74, 6) is 0.746. The van der Waals surface area contributed by atoms with E-state index < -0.39 is 11.5 Å². The molecule has 33 heavy (non-hydrogen) atoms. The number of carbonyl (C=O) groups excluding carboxylic acids is 1. The molecule has 1 aliphatic heterocycles. The SMILES string of the molecule is O=C(C1CC1)N1CC[C@@H](Cc2n[nH]c(=O)n2-c2ccc(-c3ccc4c(c3)CCC4)cc2F)C1. The number of aromatic nitrogens is 3. The molecule has 2 aromatic carbocycles. The van der Waals surface area contributed by atoms with Gasteiger partial charge in [-0.2, -0.15) is 5.10 Å². The first-order valence-corrected chi connectivity index (χ1v) is 11.9. The van der Waals surface area contributed by atoms with Gasteiger partial charge in [0.25, 0.3) is 0 Å². The van der Waals surface area contributed by atoms with E-state index in [0.29, 0.717) is 18.8 Å². The number of hydrogen-bond donors (Lipinski definition) is 1. The highest BCUT2D eigenvalue weighted by Gasteiger charge is 2.37. The van der Waals surface area contributed by atoms with Crippen LogP contribution in [0, 0.1) is 17.7 Å². The number of hydrogen-bond acceptors (Lipinski definition) is 3. The average molecular weight is 447 g/mol. The van der Waals surface area contributed by atoms with E-state index in [1.165, 1.54) is 28.2 Å². The van der Waals surface area contributed by atoms with Gasteiger partial charge in [0.15, 0.2) is 0 Å². The number of rotatable bonds is 5. The fraction of sp³-hybridized carbons (Fsp3) is 0.423. The van der Waals surface area contributed by atoms with Crippen molar-refractivity contribution < 1.29 is 9.18 Å². The van der Waals surface area contributed by atoms with Crippen LogP contribution in [0.2, 0.25) is 0 Å². The Morgan fingerprint density at radius 3 is 2.67 bits per heavy atom. The summed E-state index contributed by atoms with van der Waals surface area (Å²) in [5, 5.41) is 6.67. The summed E-state index contributed by atoms with van der Waals surface area (Å²) >= 11 is 0. The van der Waals surface area contributed by atoms with Crippen molar-refractivity contribution in [2.24, 2.45) is 11.8 Å². The van der Waals surface area contributed by atoms with E-state index in [9.17, 15) is 9.59 Å². The molecule has 0 bridgehead atoms. The zero-order valence-electron chi connectivity index (χ0n) is 18.5. The molecular formula is C26H27FN4O2. The number of benzene rings is 2. The molecule has 0 spiro atoms. The molecule has 0 radical (unpaired) electrons. The minimum atomic E-state index is -0.449. The van der Waals surface area contributed by atoms with Gasteiger partial charge in [-0.3, -0.25) is 4.79 Å². The lowest BCUT2D eigenvalue weighted by atomic mass is 10.00. The van der Waals surface area contributed by atoms with E-state index in [4.69, 9.17) is 0 Å². The van der Waals surface area contributed by atoms with E-state index in [1.54, 1.807) is 6.07 Å². The van der Waals surface area contributed by atoms with Gasteiger partial charge in [-0.05, 0) is 78.8 Å². The van der Waals surface area contributed by atoms with Gasteiger partial charge >= 0.3 is 5.69 Å². The number of likely N-dealkylation sites (tertiary alicyclic amines) is 1. The highest BCUT2D eigenvalue weighted by molar-refractivity contribution is 5.81. The minimum Gasteiger partial charge on any atom is -0.342 e. The Morgan fingerprint density at radius 1 is 1.06 bits per heavy atom. The summed E-state index contributed by atoms with van der Waals surface area (Å²) in [6.45, 7) is 1.43. The second kappa shape index (κ2) is 7.97. The normalized spacial score (nSPS) is 19.8. The van der Waals surface area contributed by atoms with Crippen LogP contribution < -0.4 is 5.69 Å². The van der Waals surface area contributed by atoms with Gasteiger partial charge < -0.3 is 4.90 Å². The van der Waals surface area contributed by atoms with Crippen LogP contribution in [0.5, 0.6) is 0 Å². The van der Waals surface area contributed by atoms with Crippen LogP contribution in [0.3, 0.4) is 0 Å². The third-order valence-corrected chi connectivity index (χ3v) is 7.36. The van der Waals surface area contributed by atoms with Gasteiger partial charge in [0.2, 0.25) is 5.91 Å². The van der Waals surface area contributed by atoms with Crippen LogP contribution in [0.1, 0.15) is 42.6 Å². The second-order valence-electron chi connectivity index (χ2n) is 9.70. The molecule has 6 nitrogen and oxygen atoms in total. The molecule has 7 heteroatoms. The molecule has 2 aliphatic carbocycles. The topological polar surface area (TPSA) is 71.0 Å². The molecule has 1 saturated carbocycles. The average Bonchev–Trinajstić information content (AvgIpc) is 3.21. The fourth-order valence-electron chi connectivity index (χ4n) is 5.38. The fourth-order valence-corrected chi connectivity index (χ4v) is 5.38. The monoisotopic (exact) mass is 446 g/mol. The first kappa shape index (κ1) is 20.4. The highest BCUT2D eigenvalue weighted by Crippen LogP contribution is 2.34. The number of nitrogens with one attached hydrogen (secondary N) is 1. The first-order chi connectivity index (χ1) is 16.1. The molecule has 1 amide bonds. The van der Waals surface area contributed by atoms with Crippen LogP contribution >= 0.6 is 0 Å². The highest BCUT2D eigenvalue weighted by atomic mass is 19.1. The number of aryl methyl sites for hydroxylation is 2. The molecule has 1 aromatic heterocycles. The zero-order chi connectivity index (χ0) is 22.5. The van der Waals surface area contributed by atoms with Crippen molar-refractivity contribution in [1.29, 1.82) is 0 Å². The molecular weight excluding hydrogens is 419 g/mol. The molecule has 0 unspecified atom stereocenters. The Labute approximate surface area is 191 Å². The Balaban J connectivity index is 1.24. The van der Waals surface area contributed by atoms with E-state index in [2.05, 4.69) is 22.3 Å². The maximum absolute atomic E-state index is 15.3. The molecule has 1 N–H and O–H groups in total. The lowest BCUT2D eigenvalue weighted by molar-refractivity contribution is -0.131. The number of fused-ring (bicyclic) bond motifs is 1. The van der Waals surface area contributed by atoms with Crippen molar-refractivity contribution in [2.45, 2.75) is 44.9 Å². The summed E-state index contributed by atoms with van der Waals surface area (Å²) in [6, 6.07) is 11.4. The van der Waals surface area contributed by atoms with E-state index in [1.807, 2.05) is 17.0 Å². The molecule has 3 aliphatic rings.